The van der Waals surface area contributed by atoms with Crippen LogP contribution in [0, 0.1) is 16.0 Å². The maximum absolute atomic E-state index is 12.7. The molecule has 26 heavy (non-hydrogen) atoms. The number of rotatable bonds is 2. The van der Waals surface area contributed by atoms with Gasteiger partial charge in [-0.3, -0.25) is 14.9 Å². The third-order valence-corrected chi connectivity index (χ3v) is 4.75. The van der Waals surface area contributed by atoms with Gasteiger partial charge in [0.2, 0.25) is 5.96 Å². The number of piperidine rings is 1. The number of nitro benzene ring substituents is 1. The molecule has 0 radical (unpaired) electrons. The molecule has 1 amide bonds. The minimum Gasteiger partial charge on any atom is -0.341 e. The molecule has 1 fully saturated rings. The quantitative estimate of drug-likeness (QED) is 0.603. The van der Waals surface area contributed by atoms with Crippen LogP contribution in [0.5, 0.6) is 0 Å². The number of amidine groups is 1. The summed E-state index contributed by atoms with van der Waals surface area (Å²) in [6.45, 7) is 1.70. The van der Waals surface area contributed by atoms with Gasteiger partial charge in [0, 0.05) is 31.4 Å². The summed E-state index contributed by atoms with van der Waals surface area (Å²) in [5, 5.41) is 10.8. The number of non-ortho nitro benzene ring substituents is 1. The van der Waals surface area contributed by atoms with Crippen molar-refractivity contribution in [3.63, 3.8) is 0 Å². The fourth-order valence-corrected chi connectivity index (χ4v) is 3.41. The van der Waals surface area contributed by atoms with E-state index in [2.05, 4.69) is 15.0 Å². The van der Waals surface area contributed by atoms with Gasteiger partial charge in [-0.15, -0.1) is 0 Å². The number of allylic oxidation sites excluding steroid dienone is 1. The number of nitrogens with zero attached hydrogens (tertiary/aromatic N) is 5. The summed E-state index contributed by atoms with van der Waals surface area (Å²) in [5.74, 6) is -0.0727. The van der Waals surface area contributed by atoms with Crippen LogP contribution in [0.15, 0.2) is 45.3 Å². The minimum absolute atomic E-state index is 0.00749. The van der Waals surface area contributed by atoms with Crippen molar-refractivity contribution in [2.24, 2.45) is 20.9 Å². The van der Waals surface area contributed by atoms with Gasteiger partial charge in [-0.1, -0.05) is 0 Å². The highest BCUT2D eigenvalue weighted by Crippen LogP contribution is 2.31. The molecule has 1 unspecified atom stereocenters. The van der Waals surface area contributed by atoms with Crippen molar-refractivity contribution in [1.82, 2.24) is 4.90 Å². The molecule has 8 heteroatoms. The van der Waals surface area contributed by atoms with Crippen LogP contribution >= 0.6 is 0 Å². The summed E-state index contributed by atoms with van der Waals surface area (Å²) >= 11 is 0. The van der Waals surface area contributed by atoms with Crippen LogP contribution in [0.3, 0.4) is 0 Å². The molecule has 3 heterocycles. The predicted molar refractivity (Wildman–Crippen MR) is 98.4 cm³/mol. The van der Waals surface area contributed by atoms with Crippen LogP contribution in [0.4, 0.5) is 5.69 Å². The number of benzene rings is 1. The number of carbonyl (C=O) groups excluding carboxylic acids is 1. The normalized spacial score (nSPS) is 22.3. The molecule has 0 saturated carbocycles. The Balaban J connectivity index is 1.63. The van der Waals surface area contributed by atoms with E-state index in [1.54, 1.807) is 24.4 Å². The number of carbonyl (C=O) groups is 1. The second-order valence-electron chi connectivity index (χ2n) is 6.40. The first-order valence-electron chi connectivity index (χ1n) is 8.58. The Labute approximate surface area is 149 Å². The van der Waals surface area contributed by atoms with E-state index in [1.807, 2.05) is 4.90 Å². The molecule has 4 rings (SSSR count). The highest BCUT2D eigenvalue weighted by molar-refractivity contribution is 6.25. The van der Waals surface area contributed by atoms with Crippen molar-refractivity contribution in [3.8, 4) is 0 Å². The number of amides is 1. The fraction of sp³-hybridized carbons (Fsp3) is 0.333. The van der Waals surface area contributed by atoms with Gasteiger partial charge in [-0.05, 0) is 48.6 Å². The van der Waals surface area contributed by atoms with E-state index < -0.39 is 10.8 Å². The summed E-state index contributed by atoms with van der Waals surface area (Å²) < 4.78 is 0. The molecule has 0 aromatic heterocycles. The number of hydrogen-bond donors (Lipinski definition) is 0. The Morgan fingerprint density at radius 2 is 1.81 bits per heavy atom. The van der Waals surface area contributed by atoms with Gasteiger partial charge in [-0.2, -0.15) is 9.98 Å². The molecular weight excluding hydrogens is 334 g/mol. The highest BCUT2D eigenvalue weighted by Gasteiger charge is 2.35. The van der Waals surface area contributed by atoms with E-state index in [1.165, 1.54) is 18.6 Å². The standard InChI is InChI=1S/C18H17N5O3/c24-17-15-14(12-4-6-13(7-5-12)23(25)26)8-9-19-16(15)20-18(21-17)22-10-2-1-3-11-22/h4-9,15H,1-3,10-11H2. The van der Waals surface area contributed by atoms with Gasteiger partial charge in [-0.25, -0.2) is 4.99 Å². The molecule has 8 nitrogen and oxygen atoms in total. The molecule has 1 aromatic rings. The second-order valence-corrected chi connectivity index (χ2v) is 6.40. The van der Waals surface area contributed by atoms with Gasteiger partial charge in [0.25, 0.3) is 11.6 Å². The molecule has 132 valence electrons. The third kappa shape index (κ3) is 2.94. The summed E-state index contributed by atoms with van der Waals surface area (Å²) in [6, 6.07) is 6.12. The second kappa shape index (κ2) is 6.62. The van der Waals surface area contributed by atoms with E-state index in [4.69, 9.17) is 0 Å². The van der Waals surface area contributed by atoms with Crippen molar-refractivity contribution < 1.29 is 9.72 Å². The van der Waals surface area contributed by atoms with Gasteiger partial charge < -0.3 is 4.90 Å². The molecule has 0 N–H and O–H groups in total. The molecule has 1 aromatic carbocycles. The van der Waals surface area contributed by atoms with Crippen molar-refractivity contribution >= 4 is 35.2 Å². The van der Waals surface area contributed by atoms with Crippen LogP contribution in [-0.2, 0) is 4.79 Å². The number of fused-ring (bicyclic) bond motifs is 1. The van der Waals surface area contributed by atoms with Crippen LogP contribution in [0.1, 0.15) is 24.8 Å². The van der Waals surface area contributed by atoms with Crippen molar-refractivity contribution in [2.75, 3.05) is 13.1 Å². The Kier molecular flexibility index (Phi) is 4.16. The number of hydrogen-bond acceptors (Lipinski definition) is 6. The first-order valence-corrected chi connectivity index (χ1v) is 8.58. The smallest absolute Gasteiger partial charge is 0.269 e. The highest BCUT2D eigenvalue weighted by atomic mass is 16.6. The minimum atomic E-state index is -0.657. The van der Waals surface area contributed by atoms with Gasteiger partial charge in [0.1, 0.15) is 11.8 Å². The lowest BCUT2D eigenvalue weighted by molar-refractivity contribution is -0.384. The number of dihydropyridines is 1. The van der Waals surface area contributed by atoms with Crippen LogP contribution in [0.2, 0.25) is 0 Å². The Morgan fingerprint density at radius 3 is 2.50 bits per heavy atom. The summed E-state index contributed by atoms with van der Waals surface area (Å²) in [5.41, 5.74) is 1.44. The topological polar surface area (TPSA) is 101 Å². The molecule has 0 bridgehead atoms. The number of guanidine groups is 1. The molecule has 1 atom stereocenters. The van der Waals surface area contributed by atoms with Gasteiger partial charge in [0.05, 0.1) is 4.92 Å². The lowest BCUT2D eigenvalue weighted by Crippen LogP contribution is -2.40. The summed E-state index contributed by atoms with van der Waals surface area (Å²) in [6.07, 6.45) is 6.67. The molecule has 0 spiro atoms. The maximum atomic E-state index is 12.7. The van der Waals surface area contributed by atoms with E-state index in [0.717, 1.165) is 31.5 Å². The SMILES string of the molecule is O=C1N=C(N2CCCCC2)N=C2N=CC=C(c3ccc([N+](=O)[O-])cc3)C12. The van der Waals surface area contributed by atoms with Crippen LogP contribution in [0.25, 0.3) is 5.57 Å². The first-order chi connectivity index (χ1) is 12.6. The fourth-order valence-electron chi connectivity index (χ4n) is 3.41. The van der Waals surface area contributed by atoms with Crippen molar-refractivity contribution in [2.45, 2.75) is 19.3 Å². The predicted octanol–water partition coefficient (Wildman–Crippen LogP) is 2.46. The monoisotopic (exact) mass is 351 g/mol. The zero-order valence-electron chi connectivity index (χ0n) is 14.0. The van der Waals surface area contributed by atoms with E-state index >= 15 is 0 Å². The number of nitro groups is 1. The first kappa shape index (κ1) is 16.3. The average molecular weight is 351 g/mol. The van der Waals surface area contributed by atoms with E-state index in [0.29, 0.717) is 17.4 Å². The van der Waals surface area contributed by atoms with Crippen molar-refractivity contribution in [1.29, 1.82) is 0 Å². The number of aliphatic imine (C=N–C) groups is 3. The average Bonchev–Trinajstić information content (AvgIpc) is 2.68. The Morgan fingerprint density at radius 1 is 1.08 bits per heavy atom. The van der Waals surface area contributed by atoms with E-state index in [9.17, 15) is 14.9 Å². The van der Waals surface area contributed by atoms with Crippen molar-refractivity contribution in [3.05, 3.63) is 46.0 Å². The van der Waals surface area contributed by atoms with Gasteiger partial charge >= 0.3 is 0 Å². The largest absolute Gasteiger partial charge is 0.341 e. The van der Waals surface area contributed by atoms with Gasteiger partial charge in [0.15, 0.2) is 0 Å². The molecule has 1 saturated heterocycles. The molecule has 0 aliphatic carbocycles. The molecule has 3 aliphatic rings. The Hall–Kier alpha value is -3.16. The molecule has 3 aliphatic heterocycles. The summed E-state index contributed by atoms with van der Waals surface area (Å²) in [4.78, 5) is 38.1. The van der Waals surface area contributed by atoms with Crippen LogP contribution in [-0.4, -0.2) is 46.8 Å². The third-order valence-electron chi connectivity index (χ3n) is 4.75. The molecular formula is C18H17N5O3. The zero-order valence-corrected chi connectivity index (χ0v) is 14.0. The zero-order chi connectivity index (χ0) is 18.1. The van der Waals surface area contributed by atoms with E-state index in [-0.39, 0.29) is 11.6 Å². The lowest BCUT2D eigenvalue weighted by atomic mass is 9.88. The Bertz CT molecular complexity index is 877. The number of likely N-dealkylation sites (tertiary alicyclic amines) is 1. The lowest BCUT2D eigenvalue weighted by Gasteiger charge is -2.30. The van der Waals surface area contributed by atoms with Crippen LogP contribution < -0.4 is 0 Å². The maximum Gasteiger partial charge on any atom is 0.269 e. The summed E-state index contributed by atoms with van der Waals surface area (Å²) in [7, 11) is 0.